The van der Waals surface area contributed by atoms with E-state index in [9.17, 15) is 9.90 Å². The molecule has 1 amide bonds. The molecule has 0 radical (unpaired) electrons. The van der Waals surface area contributed by atoms with Crippen LogP contribution in [0.25, 0.3) is 0 Å². The number of fused-ring (bicyclic) bond motifs is 1. The monoisotopic (exact) mass is 295 g/mol. The van der Waals surface area contributed by atoms with Crippen LogP contribution in [0.1, 0.15) is 54.4 Å². The zero-order valence-electron chi connectivity index (χ0n) is 14.2. The molecule has 1 N–H and O–H groups in total. The Hall–Kier alpha value is -1.19. The Morgan fingerprint density at radius 3 is 2.57 bits per heavy atom. The molecule has 1 heterocycles. The third-order valence-electron chi connectivity index (χ3n) is 5.03. The molecule has 0 bridgehead atoms. The Labute approximate surface area is 128 Å². The number of hydrogen-bond donors (Lipinski definition) is 1. The van der Waals surface area contributed by atoms with Crippen molar-refractivity contribution in [1.82, 2.24) is 4.90 Å². The Morgan fingerprint density at radius 1 is 1.38 bits per heavy atom. The topological polar surface area (TPSA) is 49.8 Å². The maximum Gasteiger partial charge on any atom is 0.410 e. The number of aliphatic hydroxyl groups excluding tert-OH is 1. The van der Waals surface area contributed by atoms with Gasteiger partial charge in [-0.25, -0.2) is 4.79 Å². The van der Waals surface area contributed by atoms with Crippen LogP contribution in [-0.4, -0.2) is 34.8 Å². The molecule has 4 heteroatoms. The smallest absolute Gasteiger partial charge is 0.410 e. The molecule has 1 aliphatic heterocycles. The maximum absolute atomic E-state index is 12.3. The molecule has 2 atom stereocenters. The van der Waals surface area contributed by atoms with E-state index in [1.54, 1.807) is 0 Å². The van der Waals surface area contributed by atoms with E-state index >= 15 is 0 Å². The molecule has 1 fully saturated rings. The third kappa shape index (κ3) is 3.04. The first-order valence-electron chi connectivity index (χ1n) is 7.83. The first-order chi connectivity index (χ1) is 9.46. The number of carbonyl (C=O) groups excluding carboxylic acids is 1. The van der Waals surface area contributed by atoms with Gasteiger partial charge in [0.15, 0.2) is 0 Å². The molecule has 120 valence electrons. The fraction of sp³-hybridized carbons (Fsp3) is 0.824. The van der Waals surface area contributed by atoms with Gasteiger partial charge < -0.3 is 14.7 Å². The average Bonchev–Trinajstić information content (AvgIpc) is 2.32. The van der Waals surface area contributed by atoms with Gasteiger partial charge in [-0.05, 0) is 51.0 Å². The molecule has 0 aromatic heterocycles. The summed E-state index contributed by atoms with van der Waals surface area (Å²) >= 11 is 0. The molecule has 21 heavy (non-hydrogen) atoms. The Balaban J connectivity index is 2.15. The molecule has 0 saturated carbocycles. The molecule has 4 nitrogen and oxygen atoms in total. The summed E-state index contributed by atoms with van der Waals surface area (Å²) in [6, 6.07) is 0. The number of nitrogens with zero attached hydrogens (tertiary/aromatic N) is 1. The highest BCUT2D eigenvalue weighted by atomic mass is 16.6. The minimum absolute atomic E-state index is 0.00485. The summed E-state index contributed by atoms with van der Waals surface area (Å²) in [5.41, 5.74) is -0.670. The van der Waals surface area contributed by atoms with Crippen LogP contribution < -0.4 is 0 Å². The van der Waals surface area contributed by atoms with E-state index in [-0.39, 0.29) is 16.9 Å². The van der Waals surface area contributed by atoms with Crippen LogP contribution in [0.4, 0.5) is 4.79 Å². The summed E-state index contributed by atoms with van der Waals surface area (Å²) in [6.45, 7) is 13.5. The number of piperidine rings is 1. The molecule has 1 aliphatic carbocycles. The lowest BCUT2D eigenvalue weighted by molar-refractivity contribution is -0.0465. The van der Waals surface area contributed by atoms with Crippen molar-refractivity contribution in [2.75, 3.05) is 13.1 Å². The second-order valence-electron chi connectivity index (χ2n) is 8.41. The first kappa shape index (κ1) is 16.2. The Kier molecular flexibility index (Phi) is 3.79. The highest BCUT2D eigenvalue weighted by Gasteiger charge is 2.51. The molecule has 1 saturated heterocycles. The fourth-order valence-corrected chi connectivity index (χ4v) is 3.95. The second kappa shape index (κ2) is 4.92. The number of hydrogen-bond acceptors (Lipinski definition) is 3. The van der Waals surface area contributed by atoms with Crippen LogP contribution in [0.5, 0.6) is 0 Å². The quantitative estimate of drug-likeness (QED) is 0.731. The lowest BCUT2D eigenvalue weighted by atomic mass is 9.56. The number of ether oxygens (including phenoxy) is 1. The van der Waals surface area contributed by atoms with Crippen molar-refractivity contribution in [2.45, 2.75) is 60.0 Å². The van der Waals surface area contributed by atoms with E-state index in [1.807, 2.05) is 31.7 Å². The number of carbonyl (C=O) groups is 1. The van der Waals surface area contributed by atoms with Crippen LogP contribution in [-0.2, 0) is 4.74 Å². The van der Waals surface area contributed by atoms with Crippen molar-refractivity contribution >= 4 is 6.09 Å². The third-order valence-corrected chi connectivity index (χ3v) is 5.03. The minimum Gasteiger partial charge on any atom is -0.512 e. The first-order valence-corrected chi connectivity index (χ1v) is 7.83. The summed E-state index contributed by atoms with van der Waals surface area (Å²) in [7, 11) is 0. The fourth-order valence-electron chi connectivity index (χ4n) is 3.95. The van der Waals surface area contributed by atoms with Gasteiger partial charge in [0, 0.05) is 18.5 Å². The molecule has 0 unspecified atom stereocenters. The van der Waals surface area contributed by atoms with Crippen molar-refractivity contribution in [3.63, 3.8) is 0 Å². The predicted octanol–water partition coefficient (Wildman–Crippen LogP) is 4.12. The van der Waals surface area contributed by atoms with Gasteiger partial charge in [-0.1, -0.05) is 20.8 Å². The number of likely N-dealkylation sites (tertiary alicyclic amines) is 1. The van der Waals surface area contributed by atoms with Crippen LogP contribution in [0.2, 0.25) is 0 Å². The van der Waals surface area contributed by atoms with E-state index in [4.69, 9.17) is 4.74 Å². The summed E-state index contributed by atoms with van der Waals surface area (Å²) in [5, 5.41) is 10.2. The summed E-state index contributed by atoms with van der Waals surface area (Å²) in [5.74, 6) is 0.879. The van der Waals surface area contributed by atoms with Crippen molar-refractivity contribution in [3.8, 4) is 0 Å². The standard InChI is InChI=1S/C17H29NO3/c1-15(2,3)21-14(20)18-10-8-12-16(4,5)13(19)7-9-17(12,6)11-18/h7,12,19H,8-11H2,1-6H3/t12-,17+/m0/s1. The van der Waals surface area contributed by atoms with Crippen molar-refractivity contribution in [3.05, 3.63) is 11.8 Å². The van der Waals surface area contributed by atoms with E-state index in [0.717, 1.165) is 12.8 Å². The number of aliphatic hydroxyl groups is 1. The minimum atomic E-state index is -0.459. The Bertz CT molecular complexity index is 461. The van der Waals surface area contributed by atoms with Crippen LogP contribution in [0.15, 0.2) is 11.8 Å². The molecule has 0 aromatic rings. The van der Waals surface area contributed by atoms with E-state index in [0.29, 0.717) is 24.8 Å². The highest BCUT2D eigenvalue weighted by Crippen LogP contribution is 2.54. The normalized spacial score (nSPS) is 32.2. The zero-order valence-corrected chi connectivity index (χ0v) is 14.2. The number of amides is 1. The second-order valence-corrected chi connectivity index (χ2v) is 8.41. The highest BCUT2D eigenvalue weighted by molar-refractivity contribution is 5.68. The van der Waals surface area contributed by atoms with Gasteiger partial charge in [0.25, 0.3) is 0 Å². The summed E-state index contributed by atoms with van der Waals surface area (Å²) in [4.78, 5) is 14.1. The van der Waals surface area contributed by atoms with Crippen LogP contribution >= 0.6 is 0 Å². The SMILES string of the molecule is CC(C)(C)OC(=O)N1CC[C@H]2C(C)(C)C(O)=CC[C@]2(C)C1. The molecular formula is C17H29NO3. The van der Waals surface area contributed by atoms with E-state index < -0.39 is 5.60 Å². The lowest BCUT2D eigenvalue weighted by Gasteiger charge is -2.54. The molecule has 0 spiro atoms. The van der Waals surface area contributed by atoms with Gasteiger partial charge in [-0.15, -0.1) is 0 Å². The van der Waals surface area contributed by atoms with Crippen LogP contribution in [0, 0.1) is 16.7 Å². The number of allylic oxidation sites excluding steroid dienone is 2. The maximum atomic E-state index is 12.3. The van der Waals surface area contributed by atoms with Gasteiger partial charge in [-0.3, -0.25) is 0 Å². The summed E-state index contributed by atoms with van der Waals surface area (Å²) < 4.78 is 5.50. The van der Waals surface area contributed by atoms with Gasteiger partial charge in [0.2, 0.25) is 0 Å². The van der Waals surface area contributed by atoms with E-state index in [2.05, 4.69) is 20.8 Å². The molecule has 2 rings (SSSR count). The molecule has 2 aliphatic rings. The lowest BCUT2D eigenvalue weighted by Crippen LogP contribution is -2.55. The van der Waals surface area contributed by atoms with Crippen molar-refractivity contribution < 1.29 is 14.6 Å². The van der Waals surface area contributed by atoms with Gasteiger partial charge in [-0.2, -0.15) is 0 Å². The van der Waals surface area contributed by atoms with Gasteiger partial charge >= 0.3 is 6.09 Å². The Morgan fingerprint density at radius 2 is 2.00 bits per heavy atom. The van der Waals surface area contributed by atoms with E-state index in [1.165, 1.54) is 0 Å². The van der Waals surface area contributed by atoms with Gasteiger partial charge in [0.1, 0.15) is 5.60 Å². The average molecular weight is 295 g/mol. The van der Waals surface area contributed by atoms with Crippen molar-refractivity contribution in [2.24, 2.45) is 16.7 Å². The number of rotatable bonds is 0. The molecular weight excluding hydrogens is 266 g/mol. The van der Waals surface area contributed by atoms with Crippen LogP contribution in [0.3, 0.4) is 0 Å². The largest absolute Gasteiger partial charge is 0.512 e. The van der Waals surface area contributed by atoms with Crippen molar-refractivity contribution in [1.29, 1.82) is 0 Å². The zero-order chi connectivity index (χ0) is 16.1. The molecule has 0 aromatic carbocycles. The van der Waals surface area contributed by atoms with Gasteiger partial charge in [0.05, 0.1) is 5.76 Å². The predicted molar refractivity (Wildman–Crippen MR) is 83.1 cm³/mol. The summed E-state index contributed by atoms with van der Waals surface area (Å²) in [6.07, 6.45) is 3.42.